The second kappa shape index (κ2) is 3.76. The van der Waals surface area contributed by atoms with Crippen molar-refractivity contribution in [3.63, 3.8) is 0 Å². The molecule has 0 aliphatic heterocycles. The number of methoxy groups -OCH3 is 1. The SMILES string of the molecule is COc1c([C@@H](N)CO)c(C)nn1C. The molecular weight excluding hydrogens is 170 g/mol. The molecule has 0 fully saturated rings. The van der Waals surface area contributed by atoms with Crippen molar-refractivity contribution >= 4 is 0 Å². The van der Waals surface area contributed by atoms with E-state index in [1.165, 1.54) is 0 Å². The molecule has 1 rings (SSSR count). The molecule has 0 aliphatic rings. The maximum atomic E-state index is 8.92. The Morgan fingerprint density at radius 2 is 2.31 bits per heavy atom. The normalized spacial score (nSPS) is 13.0. The highest BCUT2D eigenvalue weighted by atomic mass is 16.5. The highest BCUT2D eigenvalue weighted by Gasteiger charge is 2.19. The summed E-state index contributed by atoms with van der Waals surface area (Å²) in [6.45, 7) is 1.73. The highest BCUT2D eigenvalue weighted by molar-refractivity contribution is 5.33. The minimum atomic E-state index is -0.427. The second-order valence-electron chi connectivity index (χ2n) is 2.92. The summed E-state index contributed by atoms with van der Waals surface area (Å²) in [7, 11) is 3.34. The predicted molar refractivity (Wildman–Crippen MR) is 48.5 cm³/mol. The van der Waals surface area contributed by atoms with Crippen LogP contribution >= 0.6 is 0 Å². The van der Waals surface area contributed by atoms with Crippen LogP contribution in [0.2, 0.25) is 0 Å². The zero-order valence-electron chi connectivity index (χ0n) is 8.11. The predicted octanol–water partition coefficient (Wildman–Crippen LogP) is -0.271. The van der Waals surface area contributed by atoms with Gasteiger partial charge in [-0.1, -0.05) is 0 Å². The van der Waals surface area contributed by atoms with Crippen LogP contribution in [0.4, 0.5) is 0 Å². The fraction of sp³-hybridized carbons (Fsp3) is 0.625. The smallest absolute Gasteiger partial charge is 0.216 e. The number of aromatic nitrogens is 2. The van der Waals surface area contributed by atoms with Gasteiger partial charge in [-0.25, -0.2) is 4.68 Å². The lowest BCUT2D eigenvalue weighted by molar-refractivity contribution is 0.263. The Balaban J connectivity index is 3.16. The molecule has 1 aromatic heterocycles. The Morgan fingerprint density at radius 1 is 1.69 bits per heavy atom. The molecule has 74 valence electrons. The lowest BCUT2D eigenvalue weighted by Gasteiger charge is -2.09. The summed E-state index contributed by atoms with van der Waals surface area (Å²) >= 11 is 0. The zero-order valence-corrected chi connectivity index (χ0v) is 8.11. The standard InChI is InChI=1S/C8H15N3O2/c1-5-7(6(9)4-12)8(13-3)11(2)10-5/h6,12H,4,9H2,1-3H3/t6-/m0/s1. The molecule has 0 bridgehead atoms. The van der Waals surface area contributed by atoms with Gasteiger partial charge in [-0.15, -0.1) is 0 Å². The first kappa shape index (κ1) is 10.0. The number of nitrogens with two attached hydrogens (primary N) is 1. The lowest BCUT2D eigenvalue weighted by Crippen LogP contribution is -2.16. The van der Waals surface area contributed by atoms with E-state index >= 15 is 0 Å². The number of hydrogen-bond donors (Lipinski definition) is 2. The van der Waals surface area contributed by atoms with Crippen LogP contribution in [0.3, 0.4) is 0 Å². The van der Waals surface area contributed by atoms with Crippen molar-refractivity contribution < 1.29 is 9.84 Å². The largest absolute Gasteiger partial charge is 0.481 e. The summed E-state index contributed by atoms with van der Waals surface area (Å²) in [5.41, 5.74) is 7.26. The Kier molecular flexibility index (Phi) is 2.90. The van der Waals surface area contributed by atoms with Crippen molar-refractivity contribution in [2.45, 2.75) is 13.0 Å². The van der Waals surface area contributed by atoms with Crippen molar-refractivity contribution in [3.8, 4) is 5.88 Å². The molecule has 1 aromatic rings. The third kappa shape index (κ3) is 1.66. The summed E-state index contributed by atoms with van der Waals surface area (Å²) in [5.74, 6) is 0.610. The van der Waals surface area contributed by atoms with Crippen LogP contribution in [0.1, 0.15) is 17.3 Å². The maximum absolute atomic E-state index is 8.92. The summed E-state index contributed by atoms with van der Waals surface area (Å²) < 4.78 is 6.74. The zero-order chi connectivity index (χ0) is 10.0. The van der Waals surface area contributed by atoms with E-state index in [1.807, 2.05) is 6.92 Å². The van der Waals surface area contributed by atoms with E-state index in [9.17, 15) is 0 Å². The molecule has 5 heteroatoms. The number of rotatable bonds is 3. The van der Waals surface area contributed by atoms with Gasteiger partial charge in [0.25, 0.3) is 0 Å². The molecule has 0 aliphatic carbocycles. The molecule has 0 saturated carbocycles. The number of nitrogens with zero attached hydrogens (tertiary/aromatic N) is 2. The molecule has 13 heavy (non-hydrogen) atoms. The number of aliphatic hydroxyl groups excluding tert-OH is 1. The molecule has 0 saturated heterocycles. The van der Waals surface area contributed by atoms with Crippen LogP contribution in [0.15, 0.2) is 0 Å². The third-order valence-electron chi connectivity index (χ3n) is 1.97. The fourth-order valence-corrected chi connectivity index (χ4v) is 1.41. The van der Waals surface area contributed by atoms with E-state index in [0.29, 0.717) is 5.88 Å². The van der Waals surface area contributed by atoms with Gasteiger partial charge in [0.2, 0.25) is 5.88 Å². The maximum Gasteiger partial charge on any atom is 0.216 e. The van der Waals surface area contributed by atoms with Crippen LogP contribution in [0, 0.1) is 6.92 Å². The first-order valence-electron chi connectivity index (χ1n) is 4.05. The first-order valence-corrected chi connectivity index (χ1v) is 4.05. The molecular formula is C8H15N3O2. The van der Waals surface area contributed by atoms with E-state index in [1.54, 1.807) is 18.8 Å². The van der Waals surface area contributed by atoms with Gasteiger partial charge in [-0.05, 0) is 6.92 Å². The van der Waals surface area contributed by atoms with Crippen LogP contribution < -0.4 is 10.5 Å². The molecule has 3 N–H and O–H groups in total. The average Bonchev–Trinajstić information content (AvgIpc) is 2.39. The first-order chi connectivity index (χ1) is 6.11. The van der Waals surface area contributed by atoms with E-state index in [0.717, 1.165) is 11.3 Å². The Morgan fingerprint density at radius 3 is 2.77 bits per heavy atom. The number of aryl methyl sites for hydroxylation is 2. The molecule has 0 radical (unpaired) electrons. The molecule has 5 nitrogen and oxygen atoms in total. The molecule has 1 heterocycles. The van der Waals surface area contributed by atoms with E-state index in [2.05, 4.69) is 5.10 Å². The minimum Gasteiger partial charge on any atom is -0.481 e. The van der Waals surface area contributed by atoms with Crippen LogP contribution in [0.5, 0.6) is 5.88 Å². The van der Waals surface area contributed by atoms with Gasteiger partial charge in [0, 0.05) is 7.05 Å². The van der Waals surface area contributed by atoms with Crippen molar-refractivity contribution in [2.75, 3.05) is 13.7 Å². The Hall–Kier alpha value is -1.07. The number of ether oxygens (including phenoxy) is 1. The van der Waals surface area contributed by atoms with Crippen LogP contribution in [-0.2, 0) is 7.05 Å². The van der Waals surface area contributed by atoms with E-state index in [-0.39, 0.29) is 6.61 Å². The molecule has 0 unspecified atom stereocenters. The Bertz CT molecular complexity index is 296. The van der Waals surface area contributed by atoms with Crippen molar-refractivity contribution in [3.05, 3.63) is 11.3 Å². The van der Waals surface area contributed by atoms with E-state index < -0.39 is 6.04 Å². The van der Waals surface area contributed by atoms with Gasteiger partial charge in [-0.2, -0.15) is 5.10 Å². The summed E-state index contributed by atoms with van der Waals surface area (Å²) in [4.78, 5) is 0. The second-order valence-corrected chi connectivity index (χ2v) is 2.92. The molecule has 1 atom stereocenters. The summed E-state index contributed by atoms with van der Waals surface area (Å²) in [6, 6.07) is -0.427. The van der Waals surface area contributed by atoms with Gasteiger partial charge in [0.05, 0.1) is 31.0 Å². The third-order valence-corrected chi connectivity index (χ3v) is 1.97. The topological polar surface area (TPSA) is 73.3 Å². The van der Waals surface area contributed by atoms with E-state index in [4.69, 9.17) is 15.6 Å². The molecule has 0 spiro atoms. The quantitative estimate of drug-likeness (QED) is 0.679. The van der Waals surface area contributed by atoms with Crippen molar-refractivity contribution in [1.29, 1.82) is 0 Å². The number of aliphatic hydroxyl groups is 1. The summed E-state index contributed by atoms with van der Waals surface area (Å²) in [6.07, 6.45) is 0. The minimum absolute atomic E-state index is 0.108. The monoisotopic (exact) mass is 185 g/mol. The number of hydrogen-bond acceptors (Lipinski definition) is 4. The van der Waals surface area contributed by atoms with Crippen LogP contribution in [0.25, 0.3) is 0 Å². The average molecular weight is 185 g/mol. The summed E-state index contributed by atoms with van der Waals surface area (Å²) in [5, 5.41) is 13.1. The van der Waals surface area contributed by atoms with Crippen molar-refractivity contribution in [2.24, 2.45) is 12.8 Å². The fourth-order valence-electron chi connectivity index (χ4n) is 1.41. The van der Waals surface area contributed by atoms with Gasteiger partial charge in [-0.3, -0.25) is 0 Å². The molecule has 0 amide bonds. The van der Waals surface area contributed by atoms with Crippen molar-refractivity contribution in [1.82, 2.24) is 9.78 Å². The van der Waals surface area contributed by atoms with Gasteiger partial charge < -0.3 is 15.6 Å². The van der Waals surface area contributed by atoms with Gasteiger partial charge >= 0.3 is 0 Å². The molecule has 0 aromatic carbocycles. The lowest BCUT2D eigenvalue weighted by atomic mass is 10.1. The van der Waals surface area contributed by atoms with Crippen LogP contribution in [-0.4, -0.2) is 28.6 Å². The highest BCUT2D eigenvalue weighted by Crippen LogP contribution is 2.25. The van der Waals surface area contributed by atoms with Gasteiger partial charge in [0.1, 0.15) is 0 Å². The Labute approximate surface area is 77.1 Å². The van der Waals surface area contributed by atoms with Gasteiger partial charge in [0.15, 0.2) is 0 Å².